The molecular formula is C24H39Cl2N3O4. The van der Waals surface area contributed by atoms with E-state index in [2.05, 4.69) is 36.2 Å². The first-order chi connectivity index (χ1) is 14.9. The van der Waals surface area contributed by atoms with Crippen LogP contribution in [-0.2, 0) is 16.1 Å². The van der Waals surface area contributed by atoms with E-state index < -0.39 is 6.10 Å². The summed E-state index contributed by atoms with van der Waals surface area (Å²) < 4.78 is 11.9. The van der Waals surface area contributed by atoms with Crippen LogP contribution in [0.4, 0.5) is 0 Å². The number of benzene rings is 1. The molecule has 33 heavy (non-hydrogen) atoms. The van der Waals surface area contributed by atoms with Crippen LogP contribution in [0.1, 0.15) is 29.5 Å². The van der Waals surface area contributed by atoms with Gasteiger partial charge in [-0.25, -0.2) is 0 Å². The largest absolute Gasteiger partial charge is 0.487 e. The number of halogens is 2. The SMILES string of the molecule is CNCC(=O)N1C[C@H]2C[C@@H](Oc3c(C)cc(CN4CCOCC4)cc3C)[C@H](O)C[C@H]2C1.Cl.Cl. The Morgan fingerprint density at radius 2 is 1.73 bits per heavy atom. The molecule has 1 amide bonds. The first-order valence-electron chi connectivity index (χ1n) is 11.6. The van der Waals surface area contributed by atoms with Crippen molar-refractivity contribution in [3.63, 3.8) is 0 Å². The number of ether oxygens (including phenoxy) is 2. The van der Waals surface area contributed by atoms with Gasteiger partial charge in [-0.05, 0) is 62.3 Å². The van der Waals surface area contributed by atoms with Gasteiger partial charge in [0.15, 0.2) is 0 Å². The average Bonchev–Trinajstić information content (AvgIpc) is 3.14. The van der Waals surface area contributed by atoms with Crippen molar-refractivity contribution in [3.8, 4) is 5.75 Å². The zero-order valence-corrected chi connectivity index (χ0v) is 21.6. The molecule has 0 aromatic heterocycles. The number of likely N-dealkylation sites (N-methyl/N-ethyl adjacent to an activating group) is 1. The third kappa shape index (κ3) is 6.74. The Labute approximate surface area is 210 Å². The van der Waals surface area contributed by atoms with Gasteiger partial charge < -0.3 is 24.8 Å². The lowest BCUT2D eigenvalue weighted by molar-refractivity contribution is -0.129. The lowest BCUT2D eigenvalue weighted by Crippen LogP contribution is -2.42. The van der Waals surface area contributed by atoms with Crippen LogP contribution < -0.4 is 10.1 Å². The van der Waals surface area contributed by atoms with E-state index in [4.69, 9.17) is 9.47 Å². The second kappa shape index (κ2) is 12.6. The number of nitrogens with one attached hydrogen (secondary N) is 1. The molecular weight excluding hydrogens is 465 g/mol. The quantitative estimate of drug-likeness (QED) is 0.619. The van der Waals surface area contributed by atoms with Gasteiger partial charge in [0.25, 0.3) is 0 Å². The van der Waals surface area contributed by atoms with Crippen LogP contribution in [0.25, 0.3) is 0 Å². The monoisotopic (exact) mass is 503 g/mol. The highest BCUT2D eigenvalue weighted by molar-refractivity contribution is 5.85. The number of amides is 1. The molecule has 4 rings (SSSR count). The molecule has 3 aliphatic rings. The summed E-state index contributed by atoms with van der Waals surface area (Å²) in [5, 5.41) is 13.7. The first-order valence-corrected chi connectivity index (χ1v) is 11.6. The molecule has 2 heterocycles. The summed E-state index contributed by atoms with van der Waals surface area (Å²) in [7, 11) is 1.80. The normalized spacial score (nSPS) is 27.3. The molecule has 1 saturated carbocycles. The maximum absolute atomic E-state index is 12.3. The standard InChI is InChI=1S/C24H37N3O4.2ClH/c1-16-8-18(13-26-4-6-30-7-5-26)9-17(2)24(16)31-22-11-20-15-27(23(29)12-25-3)14-19(20)10-21(22)28;;/h8-9,19-22,25,28H,4-7,10-15H2,1-3H3;2*1H/t19-,20+,21+,22+;;/m0../s1. The van der Waals surface area contributed by atoms with Gasteiger partial charge in [-0.3, -0.25) is 9.69 Å². The zero-order chi connectivity index (χ0) is 22.0. The predicted molar refractivity (Wildman–Crippen MR) is 134 cm³/mol. The molecule has 188 valence electrons. The number of morpholine rings is 1. The van der Waals surface area contributed by atoms with Crippen molar-refractivity contribution in [2.24, 2.45) is 11.8 Å². The predicted octanol–water partition coefficient (Wildman–Crippen LogP) is 2.18. The summed E-state index contributed by atoms with van der Waals surface area (Å²) in [4.78, 5) is 16.6. The summed E-state index contributed by atoms with van der Waals surface area (Å²) in [5.41, 5.74) is 3.53. The van der Waals surface area contributed by atoms with Crippen LogP contribution in [0, 0.1) is 25.7 Å². The second-order valence-electron chi connectivity index (χ2n) is 9.49. The number of aliphatic hydroxyl groups excluding tert-OH is 1. The Morgan fingerprint density at radius 1 is 1.12 bits per heavy atom. The number of nitrogens with zero attached hydrogens (tertiary/aromatic N) is 2. The number of likely N-dealkylation sites (tertiary alicyclic amines) is 1. The molecule has 0 unspecified atom stereocenters. The highest BCUT2D eigenvalue weighted by Gasteiger charge is 2.43. The van der Waals surface area contributed by atoms with Crippen molar-refractivity contribution in [1.29, 1.82) is 0 Å². The van der Waals surface area contributed by atoms with Crippen LogP contribution in [0.5, 0.6) is 5.75 Å². The van der Waals surface area contributed by atoms with Crippen molar-refractivity contribution in [3.05, 3.63) is 28.8 Å². The fourth-order valence-electron chi connectivity index (χ4n) is 5.47. The molecule has 4 atom stereocenters. The van der Waals surface area contributed by atoms with E-state index >= 15 is 0 Å². The topological polar surface area (TPSA) is 74.3 Å². The van der Waals surface area contributed by atoms with E-state index in [9.17, 15) is 9.90 Å². The minimum atomic E-state index is -0.493. The summed E-state index contributed by atoms with van der Waals surface area (Å²) in [5.74, 6) is 1.81. The van der Waals surface area contributed by atoms with E-state index in [1.165, 1.54) is 5.56 Å². The van der Waals surface area contributed by atoms with E-state index in [0.29, 0.717) is 24.8 Å². The molecule has 1 aliphatic carbocycles. The highest BCUT2D eigenvalue weighted by atomic mass is 35.5. The molecule has 0 radical (unpaired) electrons. The van der Waals surface area contributed by atoms with Crippen LogP contribution >= 0.6 is 24.8 Å². The molecule has 1 aromatic carbocycles. The summed E-state index contributed by atoms with van der Waals surface area (Å²) >= 11 is 0. The van der Waals surface area contributed by atoms with Gasteiger partial charge in [0, 0.05) is 32.7 Å². The highest BCUT2D eigenvalue weighted by Crippen LogP contribution is 2.39. The number of hydrogen-bond acceptors (Lipinski definition) is 6. The van der Waals surface area contributed by atoms with Gasteiger partial charge in [0.1, 0.15) is 11.9 Å². The Bertz CT molecular complexity index is 768. The first kappa shape index (κ1) is 28.1. The van der Waals surface area contributed by atoms with Crippen LogP contribution in [0.3, 0.4) is 0 Å². The van der Waals surface area contributed by atoms with Crippen molar-refractivity contribution < 1.29 is 19.4 Å². The van der Waals surface area contributed by atoms with E-state index in [0.717, 1.165) is 69.2 Å². The molecule has 1 aromatic rings. The molecule has 7 nitrogen and oxygen atoms in total. The number of aryl methyl sites for hydroxylation is 2. The van der Waals surface area contributed by atoms with Gasteiger partial charge in [-0.1, -0.05) is 12.1 Å². The van der Waals surface area contributed by atoms with Gasteiger partial charge in [-0.15, -0.1) is 24.8 Å². The Morgan fingerprint density at radius 3 is 2.33 bits per heavy atom. The summed E-state index contributed by atoms with van der Waals surface area (Å²) in [6.45, 7) is 10.6. The summed E-state index contributed by atoms with van der Waals surface area (Å²) in [6, 6.07) is 4.42. The fourth-order valence-corrected chi connectivity index (χ4v) is 5.47. The third-order valence-corrected chi connectivity index (χ3v) is 7.06. The molecule has 0 bridgehead atoms. The van der Waals surface area contributed by atoms with Crippen molar-refractivity contribution >= 4 is 30.7 Å². The molecule has 3 fully saturated rings. The van der Waals surface area contributed by atoms with Gasteiger partial charge in [0.05, 0.1) is 25.9 Å². The Hall–Kier alpha value is -1.09. The Kier molecular flexibility index (Phi) is 10.7. The summed E-state index contributed by atoms with van der Waals surface area (Å²) in [6.07, 6.45) is 0.783. The third-order valence-electron chi connectivity index (χ3n) is 7.06. The van der Waals surface area contributed by atoms with Crippen molar-refractivity contribution in [2.45, 2.75) is 45.4 Å². The number of hydrogen-bond donors (Lipinski definition) is 2. The number of fused-ring (bicyclic) bond motifs is 1. The lowest BCUT2D eigenvalue weighted by Gasteiger charge is -2.36. The van der Waals surface area contributed by atoms with E-state index in [1.54, 1.807) is 7.05 Å². The van der Waals surface area contributed by atoms with Crippen LogP contribution in [0.15, 0.2) is 12.1 Å². The molecule has 2 N–H and O–H groups in total. The maximum atomic E-state index is 12.3. The molecule has 0 spiro atoms. The number of carbonyl (C=O) groups excluding carboxylic acids is 1. The minimum Gasteiger partial charge on any atom is -0.487 e. The minimum absolute atomic E-state index is 0. The smallest absolute Gasteiger partial charge is 0.236 e. The zero-order valence-electron chi connectivity index (χ0n) is 19.9. The second-order valence-corrected chi connectivity index (χ2v) is 9.49. The molecule has 2 aliphatic heterocycles. The van der Waals surface area contributed by atoms with Crippen molar-refractivity contribution in [2.75, 3.05) is 53.0 Å². The molecule has 2 saturated heterocycles. The van der Waals surface area contributed by atoms with Gasteiger partial charge >= 0.3 is 0 Å². The number of aliphatic hydroxyl groups is 1. The fraction of sp³-hybridized carbons (Fsp3) is 0.708. The number of carbonyl (C=O) groups is 1. The van der Waals surface area contributed by atoms with Crippen molar-refractivity contribution in [1.82, 2.24) is 15.1 Å². The van der Waals surface area contributed by atoms with E-state index in [-0.39, 0.29) is 36.8 Å². The molecule has 9 heteroatoms. The van der Waals surface area contributed by atoms with Gasteiger partial charge in [-0.2, -0.15) is 0 Å². The van der Waals surface area contributed by atoms with Gasteiger partial charge in [0.2, 0.25) is 5.91 Å². The van der Waals surface area contributed by atoms with Crippen LogP contribution in [-0.4, -0.2) is 86.0 Å². The Balaban J connectivity index is 0.00000193. The lowest BCUT2D eigenvalue weighted by atomic mass is 9.78. The number of rotatable bonds is 6. The average molecular weight is 504 g/mol. The maximum Gasteiger partial charge on any atom is 0.236 e. The van der Waals surface area contributed by atoms with Crippen LogP contribution in [0.2, 0.25) is 0 Å². The van der Waals surface area contributed by atoms with E-state index in [1.807, 2.05) is 4.90 Å².